The Kier molecular flexibility index (Phi) is 4.03. The maximum atomic E-state index is 4.38. The van der Waals surface area contributed by atoms with Crippen LogP contribution in [-0.4, -0.2) is 0 Å². The largest absolute Gasteiger partial charge is 0.0993 e. The molecule has 0 bridgehead atoms. The fourth-order valence-corrected chi connectivity index (χ4v) is 3.32. The fourth-order valence-electron chi connectivity index (χ4n) is 3.32. The highest BCUT2D eigenvalue weighted by Crippen LogP contribution is 2.56. The number of hydrogen-bond acceptors (Lipinski definition) is 0. The van der Waals surface area contributed by atoms with Crippen LogP contribution in [0.1, 0.15) is 72.6 Å². The normalized spacial score (nSPS) is 36.5. The lowest BCUT2D eigenvalue weighted by Crippen LogP contribution is -2.41. The first-order chi connectivity index (χ1) is 7.00. The van der Waals surface area contributed by atoms with Crippen molar-refractivity contribution in [1.82, 2.24) is 0 Å². The molecule has 0 heteroatoms. The molecule has 0 nitrogen and oxygen atoms in total. The van der Waals surface area contributed by atoms with Crippen molar-refractivity contribution < 1.29 is 0 Å². The summed E-state index contributed by atoms with van der Waals surface area (Å²) in [5, 5.41) is 0. The van der Waals surface area contributed by atoms with Gasteiger partial charge in [-0.15, -0.1) is 0 Å². The van der Waals surface area contributed by atoms with Gasteiger partial charge < -0.3 is 0 Å². The molecule has 0 aromatic carbocycles. The Balaban J connectivity index is 2.90. The average molecular weight is 208 g/mol. The first-order valence-corrected chi connectivity index (χ1v) is 6.68. The molecule has 1 rings (SSSR count). The van der Waals surface area contributed by atoms with Crippen molar-refractivity contribution in [2.75, 3.05) is 0 Å². The minimum atomic E-state index is 0.399. The first kappa shape index (κ1) is 12.8. The Morgan fingerprint density at radius 1 is 1.13 bits per heavy atom. The van der Waals surface area contributed by atoms with Gasteiger partial charge in [-0.3, -0.25) is 0 Å². The van der Waals surface area contributed by atoms with E-state index in [9.17, 15) is 0 Å². The van der Waals surface area contributed by atoms with Gasteiger partial charge in [0, 0.05) is 0 Å². The lowest BCUT2D eigenvalue weighted by Gasteiger charge is -2.51. The second kappa shape index (κ2) is 4.72. The second-order valence-electron chi connectivity index (χ2n) is 5.81. The molecule has 0 N–H and O–H groups in total. The Hall–Kier alpha value is -0.260. The van der Waals surface area contributed by atoms with Crippen LogP contribution in [0.15, 0.2) is 12.2 Å². The molecular weight excluding hydrogens is 180 g/mol. The molecule has 0 aromatic heterocycles. The van der Waals surface area contributed by atoms with Gasteiger partial charge in [0.1, 0.15) is 0 Å². The number of hydrogen-bond donors (Lipinski definition) is 0. The van der Waals surface area contributed by atoms with Gasteiger partial charge in [0.15, 0.2) is 0 Å². The zero-order chi connectivity index (χ0) is 11.5. The second-order valence-corrected chi connectivity index (χ2v) is 5.81. The van der Waals surface area contributed by atoms with Gasteiger partial charge in [-0.25, -0.2) is 0 Å². The molecule has 1 fully saturated rings. The van der Waals surface area contributed by atoms with Crippen LogP contribution < -0.4 is 0 Å². The van der Waals surface area contributed by atoms with Crippen LogP contribution in [0.5, 0.6) is 0 Å². The number of allylic oxidation sites excluding steroid dienone is 1. The van der Waals surface area contributed by atoms with Crippen molar-refractivity contribution in [3.8, 4) is 0 Å². The summed E-state index contributed by atoms with van der Waals surface area (Å²) in [7, 11) is 0. The SMILES string of the molecule is C=C(CCC)[C@@]1(C)CCCC[C@]1(C)CC. The van der Waals surface area contributed by atoms with Crippen molar-refractivity contribution in [3.05, 3.63) is 12.2 Å². The molecule has 0 aromatic rings. The van der Waals surface area contributed by atoms with Crippen LogP contribution in [0.4, 0.5) is 0 Å². The summed E-state index contributed by atoms with van der Waals surface area (Å²) in [5.74, 6) is 0. The molecule has 88 valence electrons. The fraction of sp³-hybridized carbons (Fsp3) is 0.867. The van der Waals surface area contributed by atoms with Crippen molar-refractivity contribution in [2.45, 2.75) is 72.6 Å². The monoisotopic (exact) mass is 208 g/mol. The first-order valence-electron chi connectivity index (χ1n) is 6.68. The van der Waals surface area contributed by atoms with E-state index in [1.165, 1.54) is 50.5 Å². The molecule has 0 unspecified atom stereocenters. The minimum Gasteiger partial charge on any atom is -0.0993 e. The summed E-state index contributed by atoms with van der Waals surface area (Å²) in [5.41, 5.74) is 2.40. The summed E-state index contributed by atoms with van der Waals surface area (Å²) in [6, 6.07) is 0. The van der Waals surface area contributed by atoms with E-state index in [-0.39, 0.29) is 0 Å². The third-order valence-corrected chi connectivity index (χ3v) is 5.10. The van der Waals surface area contributed by atoms with Crippen LogP contribution >= 0.6 is 0 Å². The minimum absolute atomic E-state index is 0.399. The lowest BCUT2D eigenvalue weighted by atomic mass is 9.53. The zero-order valence-corrected chi connectivity index (χ0v) is 11.2. The smallest absolute Gasteiger partial charge is 0.00654 e. The predicted molar refractivity (Wildman–Crippen MR) is 69.0 cm³/mol. The van der Waals surface area contributed by atoms with Crippen molar-refractivity contribution in [1.29, 1.82) is 0 Å². The van der Waals surface area contributed by atoms with Gasteiger partial charge in [0.05, 0.1) is 0 Å². The number of rotatable bonds is 4. The predicted octanol–water partition coefficient (Wildman–Crippen LogP) is 5.34. The van der Waals surface area contributed by atoms with E-state index < -0.39 is 0 Å². The molecule has 0 spiro atoms. The Morgan fingerprint density at radius 2 is 1.73 bits per heavy atom. The highest BCUT2D eigenvalue weighted by atomic mass is 14.5. The van der Waals surface area contributed by atoms with E-state index in [1.54, 1.807) is 0 Å². The Bertz CT molecular complexity index is 228. The van der Waals surface area contributed by atoms with E-state index in [0.717, 1.165) is 0 Å². The summed E-state index contributed by atoms with van der Waals surface area (Å²) in [6.07, 6.45) is 9.32. The van der Waals surface area contributed by atoms with E-state index in [2.05, 4.69) is 34.3 Å². The molecule has 0 aliphatic heterocycles. The standard InChI is InChI=1S/C15H28/c1-6-10-13(3)15(5)12-9-8-11-14(15,4)7-2/h3,6-12H2,1-2,4-5H3/t14-,15+/m0/s1. The summed E-state index contributed by atoms with van der Waals surface area (Å²) in [4.78, 5) is 0. The molecule has 0 amide bonds. The van der Waals surface area contributed by atoms with Crippen LogP contribution in [0.3, 0.4) is 0 Å². The van der Waals surface area contributed by atoms with Gasteiger partial charge in [0.25, 0.3) is 0 Å². The van der Waals surface area contributed by atoms with Gasteiger partial charge in [-0.1, -0.05) is 59.1 Å². The van der Waals surface area contributed by atoms with E-state index >= 15 is 0 Å². The molecule has 0 saturated heterocycles. The highest BCUT2D eigenvalue weighted by molar-refractivity contribution is 5.16. The van der Waals surface area contributed by atoms with Gasteiger partial charge in [0.2, 0.25) is 0 Å². The summed E-state index contributed by atoms with van der Waals surface area (Å²) >= 11 is 0. The quantitative estimate of drug-likeness (QED) is 0.547. The Labute approximate surface area is 96.2 Å². The molecule has 0 radical (unpaired) electrons. The van der Waals surface area contributed by atoms with Crippen molar-refractivity contribution >= 4 is 0 Å². The highest BCUT2D eigenvalue weighted by Gasteiger charge is 2.45. The molecular formula is C15H28. The van der Waals surface area contributed by atoms with E-state index in [0.29, 0.717) is 10.8 Å². The summed E-state index contributed by atoms with van der Waals surface area (Å²) < 4.78 is 0. The van der Waals surface area contributed by atoms with Gasteiger partial charge >= 0.3 is 0 Å². The van der Waals surface area contributed by atoms with E-state index in [4.69, 9.17) is 0 Å². The Morgan fingerprint density at radius 3 is 2.27 bits per heavy atom. The van der Waals surface area contributed by atoms with Gasteiger partial charge in [-0.05, 0) is 36.5 Å². The van der Waals surface area contributed by atoms with Crippen molar-refractivity contribution in [3.63, 3.8) is 0 Å². The third kappa shape index (κ3) is 2.14. The molecule has 1 aliphatic carbocycles. The maximum absolute atomic E-state index is 4.38. The van der Waals surface area contributed by atoms with Crippen LogP contribution in [0, 0.1) is 10.8 Å². The molecule has 0 heterocycles. The van der Waals surface area contributed by atoms with Crippen LogP contribution in [0.25, 0.3) is 0 Å². The maximum Gasteiger partial charge on any atom is -0.00654 e. The van der Waals surface area contributed by atoms with Crippen LogP contribution in [0.2, 0.25) is 0 Å². The van der Waals surface area contributed by atoms with E-state index in [1.807, 2.05) is 0 Å². The van der Waals surface area contributed by atoms with Gasteiger partial charge in [-0.2, -0.15) is 0 Å². The lowest BCUT2D eigenvalue weighted by molar-refractivity contribution is 0.0430. The topological polar surface area (TPSA) is 0 Å². The third-order valence-electron chi connectivity index (χ3n) is 5.10. The molecule has 15 heavy (non-hydrogen) atoms. The summed E-state index contributed by atoms with van der Waals surface area (Å²) in [6.45, 7) is 13.9. The molecule has 1 saturated carbocycles. The zero-order valence-electron chi connectivity index (χ0n) is 11.2. The van der Waals surface area contributed by atoms with Crippen LogP contribution in [-0.2, 0) is 0 Å². The average Bonchev–Trinajstić information content (AvgIpc) is 2.23. The van der Waals surface area contributed by atoms with Crippen molar-refractivity contribution in [2.24, 2.45) is 10.8 Å². The molecule has 2 atom stereocenters. The molecule has 1 aliphatic rings.